The van der Waals surface area contributed by atoms with Gasteiger partial charge in [-0.1, -0.05) is 107 Å². The minimum atomic E-state index is 0.00563. The first-order chi connectivity index (χ1) is 21.5. The quantitative estimate of drug-likeness (QED) is 0.142. The van der Waals surface area contributed by atoms with Crippen LogP contribution < -0.4 is 9.30 Å². The van der Waals surface area contributed by atoms with Crippen molar-refractivity contribution in [1.29, 1.82) is 0 Å². The van der Waals surface area contributed by atoms with Crippen molar-refractivity contribution in [1.82, 2.24) is 4.40 Å². The molecule has 0 aliphatic carbocycles. The van der Waals surface area contributed by atoms with Gasteiger partial charge in [0.2, 0.25) is 0 Å². The van der Waals surface area contributed by atoms with Gasteiger partial charge in [-0.3, -0.25) is 0 Å². The summed E-state index contributed by atoms with van der Waals surface area (Å²) in [4.78, 5) is 0. The Morgan fingerprint density at radius 3 is 2.36 bits per heavy atom. The first kappa shape index (κ1) is 27.4. The summed E-state index contributed by atoms with van der Waals surface area (Å²) in [6.45, 7) is 12.7. The summed E-state index contributed by atoms with van der Waals surface area (Å²) in [7, 11) is 0. The molecule has 3 heteroatoms. The van der Waals surface area contributed by atoms with Crippen LogP contribution in [0.15, 0.2) is 91.1 Å². The highest BCUT2D eigenvalue weighted by Crippen LogP contribution is 2.49. The second kappa shape index (κ2) is 10.2. The van der Waals surface area contributed by atoms with E-state index in [0.717, 1.165) is 38.0 Å². The normalized spacial score (nSPS) is 18.8. The summed E-state index contributed by atoms with van der Waals surface area (Å²) in [5.41, 5.74) is 11.0. The van der Waals surface area contributed by atoms with Crippen molar-refractivity contribution in [3.8, 4) is 17.0 Å². The van der Waals surface area contributed by atoms with Crippen LogP contribution in [0.4, 0.5) is 0 Å². The van der Waals surface area contributed by atoms with Gasteiger partial charge in [-0.25, -0.2) is 4.57 Å². The summed E-state index contributed by atoms with van der Waals surface area (Å²) >= 11 is 0. The maximum absolute atomic E-state index is 6.18. The Kier molecular flexibility index (Phi) is 6.38. The fraction of sp³-hybridized carbons (Fsp3) is 0.341. The molecule has 0 saturated carbocycles. The number of ether oxygens (including phenoxy) is 1. The Bertz CT molecular complexity index is 2060. The highest BCUT2D eigenvalue weighted by Gasteiger charge is 2.48. The molecule has 6 aromatic rings. The number of benzene rings is 4. The summed E-state index contributed by atoms with van der Waals surface area (Å²) in [5.74, 6) is 2.28. The van der Waals surface area contributed by atoms with E-state index in [2.05, 4.69) is 135 Å². The van der Waals surface area contributed by atoms with Crippen LogP contribution in [0, 0.1) is 5.92 Å². The van der Waals surface area contributed by atoms with Crippen LogP contribution in [0.3, 0.4) is 0 Å². The Labute approximate surface area is 261 Å². The summed E-state index contributed by atoms with van der Waals surface area (Å²) in [6.07, 6.45) is 6.75. The largest absolute Gasteiger partial charge is 0.493 e. The molecule has 4 heterocycles. The zero-order valence-corrected chi connectivity index (χ0v) is 26.7. The van der Waals surface area contributed by atoms with Crippen molar-refractivity contribution in [2.75, 3.05) is 6.61 Å². The van der Waals surface area contributed by atoms with Crippen LogP contribution in [0.25, 0.3) is 38.6 Å². The van der Waals surface area contributed by atoms with Crippen molar-refractivity contribution in [3.63, 3.8) is 0 Å². The molecule has 0 amide bonds. The van der Waals surface area contributed by atoms with E-state index >= 15 is 0 Å². The van der Waals surface area contributed by atoms with Gasteiger partial charge in [0.15, 0.2) is 5.69 Å². The Morgan fingerprint density at radius 1 is 0.841 bits per heavy atom. The van der Waals surface area contributed by atoms with Crippen LogP contribution in [-0.2, 0) is 12.0 Å². The lowest BCUT2D eigenvalue weighted by molar-refractivity contribution is -0.747. The van der Waals surface area contributed by atoms with Crippen LogP contribution in [-0.4, -0.2) is 11.0 Å². The molecule has 0 saturated heterocycles. The number of aromatic nitrogens is 2. The van der Waals surface area contributed by atoms with E-state index in [4.69, 9.17) is 4.74 Å². The molecule has 2 aromatic heterocycles. The van der Waals surface area contributed by atoms with E-state index in [1.807, 2.05) is 0 Å². The van der Waals surface area contributed by atoms with E-state index in [0.29, 0.717) is 11.8 Å². The molecule has 44 heavy (non-hydrogen) atoms. The van der Waals surface area contributed by atoms with Gasteiger partial charge in [-0.2, -0.15) is 4.40 Å². The molecule has 2 atom stereocenters. The first-order valence-corrected chi connectivity index (χ1v) is 16.7. The summed E-state index contributed by atoms with van der Waals surface area (Å²) in [6, 6.07) is 31.9. The van der Waals surface area contributed by atoms with Gasteiger partial charge in [0, 0.05) is 33.7 Å². The van der Waals surface area contributed by atoms with E-state index in [1.165, 1.54) is 60.8 Å². The number of nitrogens with zero attached hydrogens (tertiary/aromatic N) is 2. The maximum atomic E-state index is 6.18. The van der Waals surface area contributed by atoms with E-state index < -0.39 is 0 Å². The maximum Gasteiger partial charge on any atom is 0.296 e. The molecule has 0 radical (unpaired) electrons. The van der Waals surface area contributed by atoms with Gasteiger partial charge >= 0.3 is 0 Å². The molecule has 0 spiro atoms. The van der Waals surface area contributed by atoms with Crippen LogP contribution in [0.5, 0.6) is 5.75 Å². The molecule has 0 fully saturated rings. The summed E-state index contributed by atoms with van der Waals surface area (Å²) < 4.78 is 11.5. The molecule has 2 aliphatic rings. The minimum Gasteiger partial charge on any atom is -0.493 e. The predicted octanol–water partition coefficient (Wildman–Crippen LogP) is 9.95. The van der Waals surface area contributed by atoms with Gasteiger partial charge < -0.3 is 4.74 Å². The zero-order chi connectivity index (χ0) is 30.2. The molecule has 2 aliphatic heterocycles. The van der Waals surface area contributed by atoms with Gasteiger partial charge in [0.05, 0.1) is 12.0 Å². The molecular weight excluding hydrogens is 536 g/mol. The Balaban J connectivity index is 1.56. The smallest absolute Gasteiger partial charge is 0.296 e. The monoisotopic (exact) mass is 579 g/mol. The fourth-order valence-electron chi connectivity index (χ4n) is 8.96. The first-order valence-electron chi connectivity index (χ1n) is 16.7. The topological polar surface area (TPSA) is 17.5 Å². The SMILES string of the molecule is CCC1(CC)C(C)c2cccc3c4ccccc4n4c(-c5c(CC(C)C)cccc5C5CCOc6ccccc65)c[n+]1c4c23. The lowest BCUT2D eigenvalue weighted by Gasteiger charge is -2.38. The van der Waals surface area contributed by atoms with Crippen molar-refractivity contribution in [2.24, 2.45) is 5.92 Å². The van der Waals surface area contributed by atoms with Crippen LogP contribution in [0.1, 0.15) is 88.0 Å². The van der Waals surface area contributed by atoms with Gasteiger partial charge in [-0.15, -0.1) is 0 Å². The third-order valence-electron chi connectivity index (χ3n) is 11.1. The number of rotatable bonds is 6. The lowest BCUT2D eigenvalue weighted by atomic mass is 9.73. The van der Waals surface area contributed by atoms with Gasteiger partial charge in [0.25, 0.3) is 5.65 Å². The third kappa shape index (κ3) is 3.71. The summed E-state index contributed by atoms with van der Waals surface area (Å²) in [5, 5.41) is 4.11. The average molecular weight is 580 g/mol. The van der Waals surface area contributed by atoms with Crippen LogP contribution >= 0.6 is 0 Å². The Morgan fingerprint density at radius 2 is 1.55 bits per heavy atom. The molecule has 3 nitrogen and oxygen atoms in total. The van der Waals surface area contributed by atoms with Crippen molar-refractivity contribution < 1.29 is 9.30 Å². The molecule has 0 bridgehead atoms. The minimum absolute atomic E-state index is 0.00563. The lowest BCUT2D eigenvalue weighted by Crippen LogP contribution is -2.59. The second-order valence-corrected chi connectivity index (χ2v) is 13.6. The van der Waals surface area contributed by atoms with E-state index in [1.54, 1.807) is 0 Å². The van der Waals surface area contributed by atoms with Crippen LogP contribution in [0.2, 0.25) is 0 Å². The third-order valence-corrected chi connectivity index (χ3v) is 11.1. The fourth-order valence-corrected chi connectivity index (χ4v) is 8.96. The highest BCUT2D eigenvalue weighted by molar-refractivity contribution is 6.13. The number of fused-ring (bicyclic) bond motifs is 4. The van der Waals surface area contributed by atoms with Gasteiger partial charge in [-0.05, 0) is 60.4 Å². The molecule has 4 aromatic carbocycles. The molecular formula is C41H43N2O+. The average Bonchev–Trinajstić information content (AvgIpc) is 3.46. The van der Waals surface area contributed by atoms with Crippen molar-refractivity contribution >= 4 is 27.3 Å². The van der Waals surface area contributed by atoms with E-state index in [-0.39, 0.29) is 11.5 Å². The number of pyridine rings is 1. The Hall–Kier alpha value is -4.11. The number of imidazole rings is 1. The van der Waals surface area contributed by atoms with Crippen molar-refractivity contribution in [3.05, 3.63) is 113 Å². The second-order valence-electron chi connectivity index (χ2n) is 13.6. The molecule has 222 valence electrons. The molecule has 8 rings (SSSR count). The number of hydrogen-bond donors (Lipinski definition) is 0. The van der Waals surface area contributed by atoms with Gasteiger partial charge in [0.1, 0.15) is 23.0 Å². The predicted molar refractivity (Wildman–Crippen MR) is 182 cm³/mol. The highest BCUT2D eigenvalue weighted by atomic mass is 16.5. The van der Waals surface area contributed by atoms with Crippen molar-refractivity contribution in [2.45, 2.75) is 77.7 Å². The standard InChI is InChI=1S/C41H43N2O/c1-6-41(7-2)27(5)29-17-13-19-34-31-15-8-10-20-35(31)43-36(25-42(41)40(43)39(29)34)38-28(24-26(3)4)14-12-18-33(38)30-22-23-44-37-21-11-9-16-32(30)37/h8-21,25-27,30H,6-7,22-24H2,1-5H3/q+1. The molecule has 0 N–H and O–H groups in total. The molecule has 2 unspecified atom stereocenters. The zero-order valence-electron chi connectivity index (χ0n) is 26.7. The number of para-hydroxylation sites is 2. The number of hydrogen-bond acceptors (Lipinski definition) is 1. The van der Waals surface area contributed by atoms with E-state index in [9.17, 15) is 0 Å².